The van der Waals surface area contributed by atoms with Crippen LogP contribution in [-0.4, -0.2) is 21.0 Å². The third kappa shape index (κ3) is 5.80. The monoisotopic (exact) mass is 172 g/mol. The molecule has 3 nitrogen and oxygen atoms in total. The molecule has 70 valence electrons. The van der Waals surface area contributed by atoms with E-state index >= 15 is 0 Å². The highest BCUT2D eigenvalue weighted by Gasteiger charge is 1.86. The summed E-state index contributed by atoms with van der Waals surface area (Å²) < 4.78 is 14.8. The molecule has 0 spiro atoms. The molecule has 0 atom stereocenters. The predicted molar refractivity (Wildman–Crippen MR) is 47.5 cm³/mol. The molecule has 0 saturated heterocycles. The summed E-state index contributed by atoms with van der Waals surface area (Å²) in [4.78, 5) is 0. The summed E-state index contributed by atoms with van der Waals surface area (Å²) in [5.41, 5.74) is 0. The second-order valence-electron chi connectivity index (χ2n) is 2.31. The van der Waals surface area contributed by atoms with Crippen LogP contribution in [0.15, 0.2) is 23.7 Å². The Labute approximate surface area is 73.6 Å². The van der Waals surface area contributed by atoms with Gasteiger partial charge in [0.2, 0.25) is 0 Å². The Morgan fingerprint density at radius 3 is 2.17 bits per heavy atom. The minimum Gasteiger partial charge on any atom is -0.501 e. The highest BCUT2D eigenvalue weighted by Crippen LogP contribution is 1.99. The zero-order chi connectivity index (χ0) is 9.40. The van der Waals surface area contributed by atoms with Crippen LogP contribution >= 0.6 is 0 Å². The molecule has 0 aliphatic heterocycles. The van der Waals surface area contributed by atoms with E-state index in [9.17, 15) is 0 Å². The molecule has 0 heterocycles. The molecule has 0 fully saturated rings. The van der Waals surface area contributed by atoms with Gasteiger partial charge in [-0.25, -0.2) is 0 Å². The Morgan fingerprint density at radius 1 is 1.08 bits per heavy atom. The minimum absolute atomic E-state index is 0.280. The molecule has 0 aromatic heterocycles. The molecule has 0 bridgehead atoms. The summed E-state index contributed by atoms with van der Waals surface area (Å²) in [7, 11) is 3.22. The number of methoxy groups -OCH3 is 2. The Balaban J connectivity index is 3.82. The van der Waals surface area contributed by atoms with Crippen molar-refractivity contribution in [3.05, 3.63) is 23.7 Å². The lowest BCUT2D eigenvalue weighted by molar-refractivity contribution is 0.00623. The Hall–Kier alpha value is -0.960. The number of hydrogen-bond acceptors (Lipinski definition) is 3. The first kappa shape index (κ1) is 11.0. The van der Waals surface area contributed by atoms with Gasteiger partial charge in [0.15, 0.2) is 6.79 Å². The van der Waals surface area contributed by atoms with Crippen LogP contribution in [0.5, 0.6) is 0 Å². The Bertz CT molecular complexity index is 171. The zero-order valence-corrected chi connectivity index (χ0v) is 8.09. The molecule has 0 aliphatic rings. The van der Waals surface area contributed by atoms with E-state index < -0.39 is 0 Å². The first-order valence-electron chi connectivity index (χ1n) is 3.71. The average Bonchev–Trinajstić information content (AvgIpc) is 2.10. The highest BCUT2D eigenvalue weighted by atomic mass is 16.7. The van der Waals surface area contributed by atoms with E-state index in [1.54, 1.807) is 14.2 Å². The van der Waals surface area contributed by atoms with Gasteiger partial charge in [-0.1, -0.05) is 0 Å². The second-order valence-corrected chi connectivity index (χ2v) is 2.31. The molecule has 0 unspecified atom stereocenters. The fourth-order valence-electron chi connectivity index (χ4n) is 0.503. The quantitative estimate of drug-likeness (QED) is 0.361. The normalized spacial score (nSPS) is 13.0. The lowest BCUT2D eigenvalue weighted by atomic mass is 10.4. The van der Waals surface area contributed by atoms with E-state index in [1.807, 2.05) is 26.0 Å². The fraction of sp³-hybridized carbons (Fsp3) is 0.556. The van der Waals surface area contributed by atoms with Crippen molar-refractivity contribution < 1.29 is 14.2 Å². The summed E-state index contributed by atoms with van der Waals surface area (Å²) in [5.74, 6) is 1.64. The van der Waals surface area contributed by atoms with E-state index in [1.165, 1.54) is 0 Å². The van der Waals surface area contributed by atoms with Crippen LogP contribution in [-0.2, 0) is 14.2 Å². The van der Waals surface area contributed by atoms with Crippen molar-refractivity contribution in [2.45, 2.75) is 13.8 Å². The molecule has 0 aliphatic carbocycles. The van der Waals surface area contributed by atoms with Gasteiger partial charge in [0.05, 0.1) is 18.6 Å². The fourth-order valence-corrected chi connectivity index (χ4v) is 0.503. The average molecular weight is 172 g/mol. The van der Waals surface area contributed by atoms with Crippen molar-refractivity contribution in [2.75, 3.05) is 21.0 Å². The van der Waals surface area contributed by atoms with E-state index in [0.717, 1.165) is 11.5 Å². The molecule has 0 N–H and O–H groups in total. The van der Waals surface area contributed by atoms with Gasteiger partial charge in [0.1, 0.15) is 0 Å². The summed E-state index contributed by atoms with van der Waals surface area (Å²) in [5, 5.41) is 0. The third-order valence-electron chi connectivity index (χ3n) is 1.28. The summed E-state index contributed by atoms with van der Waals surface area (Å²) in [6, 6.07) is 0. The van der Waals surface area contributed by atoms with Crippen molar-refractivity contribution >= 4 is 0 Å². The zero-order valence-electron chi connectivity index (χ0n) is 8.09. The Kier molecular flexibility index (Phi) is 6.19. The van der Waals surface area contributed by atoms with Crippen LogP contribution in [0.1, 0.15) is 13.8 Å². The molecule has 3 heteroatoms. The second kappa shape index (κ2) is 6.73. The lowest BCUT2D eigenvalue weighted by Gasteiger charge is -2.02. The number of ether oxygens (including phenoxy) is 3. The topological polar surface area (TPSA) is 27.7 Å². The molecule has 0 aromatic rings. The van der Waals surface area contributed by atoms with E-state index in [4.69, 9.17) is 14.2 Å². The Morgan fingerprint density at radius 2 is 1.67 bits per heavy atom. The van der Waals surface area contributed by atoms with Crippen LogP contribution < -0.4 is 0 Å². The van der Waals surface area contributed by atoms with Crippen molar-refractivity contribution in [1.29, 1.82) is 0 Å². The first-order chi connectivity index (χ1) is 5.70. The van der Waals surface area contributed by atoms with Gasteiger partial charge in [-0.05, 0) is 26.0 Å². The van der Waals surface area contributed by atoms with Crippen LogP contribution in [0, 0.1) is 0 Å². The van der Waals surface area contributed by atoms with Crippen molar-refractivity contribution in [2.24, 2.45) is 0 Å². The molecule has 0 rings (SSSR count). The van der Waals surface area contributed by atoms with Gasteiger partial charge in [-0.2, -0.15) is 0 Å². The standard InChI is InChI=1S/C9H16O3/c1-8(11-4)5-6-9(2)12-7-10-3/h5-6H,7H2,1-4H3. The number of rotatable bonds is 5. The van der Waals surface area contributed by atoms with E-state index in [0.29, 0.717) is 0 Å². The first-order valence-corrected chi connectivity index (χ1v) is 3.71. The van der Waals surface area contributed by atoms with Crippen molar-refractivity contribution in [3.8, 4) is 0 Å². The summed E-state index contributed by atoms with van der Waals surface area (Å²) >= 11 is 0. The molecule has 0 amide bonds. The molecule has 0 radical (unpaired) electrons. The lowest BCUT2D eigenvalue weighted by Crippen LogP contribution is -1.93. The smallest absolute Gasteiger partial charge is 0.188 e. The molecule has 0 aromatic carbocycles. The number of allylic oxidation sites excluding steroid dienone is 4. The van der Waals surface area contributed by atoms with Gasteiger partial charge in [0, 0.05) is 7.11 Å². The maximum absolute atomic E-state index is 5.12. The van der Waals surface area contributed by atoms with Crippen LogP contribution in [0.3, 0.4) is 0 Å². The summed E-state index contributed by atoms with van der Waals surface area (Å²) in [6.07, 6.45) is 3.67. The van der Waals surface area contributed by atoms with Crippen LogP contribution in [0.2, 0.25) is 0 Å². The number of hydrogen-bond donors (Lipinski definition) is 0. The van der Waals surface area contributed by atoms with Crippen molar-refractivity contribution in [3.63, 3.8) is 0 Å². The maximum Gasteiger partial charge on any atom is 0.188 e. The minimum atomic E-state index is 0.280. The molecule has 0 saturated carbocycles. The predicted octanol–water partition coefficient (Wildman–Crippen LogP) is 2.06. The van der Waals surface area contributed by atoms with E-state index in [-0.39, 0.29) is 6.79 Å². The van der Waals surface area contributed by atoms with Gasteiger partial charge in [-0.15, -0.1) is 0 Å². The van der Waals surface area contributed by atoms with E-state index in [2.05, 4.69) is 0 Å². The highest BCUT2D eigenvalue weighted by molar-refractivity contribution is 5.08. The molecule has 12 heavy (non-hydrogen) atoms. The third-order valence-corrected chi connectivity index (χ3v) is 1.28. The van der Waals surface area contributed by atoms with Gasteiger partial charge in [0.25, 0.3) is 0 Å². The van der Waals surface area contributed by atoms with Crippen molar-refractivity contribution in [1.82, 2.24) is 0 Å². The van der Waals surface area contributed by atoms with Crippen LogP contribution in [0.4, 0.5) is 0 Å². The van der Waals surface area contributed by atoms with Gasteiger partial charge < -0.3 is 14.2 Å². The van der Waals surface area contributed by atoms with Crippen LogP contribution in [0.25, 0.3) is 0 Å². The molecular weight excluding hydrogens is 156 g/mol. The summed E-state index contributed by atoms with van der Waals surface area (Å²) in [6.45, 7) is 4.01. The SMILES string of the molecule is COCOC(C)=CC=C(C)OC. The van der Waals surface area contributed by atoms with Gasteiger partial charge >= 0.3 is 0 Å². The largest absolute Gasteiger partial charge is 0.501 e. The van der Waals surface area contributed by atoms with Gasteiger partial charge in [-0.3, -0.25) is 0 Å². The molecular formula is C9H16O3. The maximum atomic E-state index is 5.12.